The Kier molecular flexibility index (Phi) is 5.11. The Balaban J connectivity index is 1.78. The number of nitrogens with zero attached hydrogens (tertiary/aromatic N) is 1. The molecule has 0 spiro atoms. The van der Waals surface area contributed by atoms with Crippen LogP contribution in [0.15, 0.2) is 36.4 Å². The van der Waals surface area contributed by atoms with Crippen LogP contribution in [0.3, 0.4) is 0 Å². The summed E-state index contributed by atoms with van der Waals surface area (Å²) in [6.07, 6.45) is -3.91. The van der Waals surface area contributed by atoms with Gasteiger partial charge in [0.2, 0.25) is 0 Å². The van der Waals surface area contributed by atoms with Crippen molar-refractivity contribution in [3.8, 4) is 11.5 Å². The van der Waals surface area contributed by atoms with E-state index in [2.05, 4.69) is 4.74 Å². The Morgan fingerprint density at radius 3 is 2.50 bits per heavy atom. The highest BCUT2D eigenvalue weighted by Gasteiger charge is 2.33. The summed E-state index contributed by atoms with van der Waals surface area (Å²) in [5, 5.41) is 0.452. The van der Waals surface area contributed by atoms with Gasteiger partial charge in [-0.2, -0.15) is 0 Å². The molecule has 0 saturated heterocycles. The van der Waals surface area contributed by atoms with Crippen LogP contribution in [0.1, 0.15) is 22.7 Å². The summed E-state index contributed by atoms with van der Waals surface area (Å²) >= 11 is 6.29. The largest absolute Gasteiger partial charge is 0.573 e. The fourth-order valence-electron chi connectivity index (χ4n) is 3.07. The second kappa shape index (κ2) is 7.17. The van der Waals surface area contributed by atoms with Gasteiger partial charge in [-0.3, -0.25) is 4.90 Å². The molecule has 8 heteroatoms. The van der Waals surface area contributed by atoms with Crippen LogP contribution < -0.4 is 9.47 Å². The van der Waals surface area contributed by atoms with E-state index >= 15 is 0 Å². The molecule has 0 bridgehead atoms. The molecular weight excluding hydrogens is 371 g/mol. The summed E-state index contributed by atoms with van der Waals surface area (Å²) in [6.45, 7) is 0.861. The first-order valence-electron chi connectivity index (χ1n) is 7.71. The lowest BCUT2D eigenvalue weighted by molar-refractivity contribution is -0.274. The quantitative estimate of drug-likeness (QED) is 0.710. The van der Waals surface area contributed by atoms with E-state index in [0.29, 0.717) is 23.9 Å². The number of halogens is 4. The van der Waals surface area contributed by atoms with Gasteiger partial charge in [-0.15, -0.1) is 13.2 Å². The van der Waals surface area contributed by atoms with Crippen molar-refractivity contribution >= 4 is 17.9 Å². The van der Waals surface area contributed by atoms with Crippen molar-refractivity contribution in [1.82, 2.24) is 4.90 Å². The van der Waals surface area contributed by atoms with E-state index in [1.807, 2.05) is 11.0 Å². The molecule has 3 rings (SSSR count). The van der Waals surface area contributed by atoms with Crippen LogP contribution in [0.5, 0.6) is 11.5 Å². The Hall–Kier alpha value is -2.25. The maximum Gasteiger partial charge on any atom is 0.573 e. The Labute approximate surface area is 153 Å². The summed E-state index contributed by atoms with van der Waals surface area (Å²) in [4.78, 5) is 13.5. The first-order valence-corrected chi connectivity index (χ1v) is 8.09. The highest BCUT2D eigenvalue weighted by atomic mass is 35.5. The number of benzene rings is 2. The first kappa shape index (κ1) is 18.5. The molecule has 1 unspecified atom stereocenters. The molecular formula is C18H15ClF3NO3. The lowest BCUT2D eigenvalue weighted by Gasteiger charge is -2.21. The van der Waals surface area contributed by atoms with E-state index in [0.717, 1.165) is 23.0 Å². The molecule has 0 saturated carbocycles. The second-order valence-corrected chi connectivity index (χ2v) is 6.27. The number of carbonyl (C=O) groups is 1. The third-order valence-electron chi connectivity index (χ3n) is 4.16. The SMILES string of the molecule is COc1cc(Cl)c2c(c1)CN(Cc1ccc(OC(F)(F)F)cc1)C2C=O. The fraction of sp³-hybridized carbons (Fsp3) is 0.278. The van der Waals surface area contributed by atoms with Gasteiger partial charge < -0.3 is 14.3 Å². The predicted octanol–water partition coefficient (Wildman–Crippen LogP) is 4.50. The van der Waals surface area contributed by atoms with Crippen LogP contribution in [0.4, 0.5) is 13.2 Å². The van der Waals surface area contributed by atoms with Gasteiger partial charge in [-0.05, 0) is 41.0 Å². The zero-order chi connectivity index (χ0) is 18.9. The third kappa shape index (κ3) is 3.94. The maximum absolute atomic E-state index is 12.2. The van der Waals surface area contributed by atoms with Crippen LogP contribution in [-0.2, 0) is 17.9 Å². The molecule has 1 atom stereocenters. The summed E-state index contributed by atoms with van der Waals surface area (Å²) in [6, 6.07) is 8.54. The Morgan fingerprint density at radius 1 is 1.23 bits per heavy atom. The standard InChI is InChI=1S/C18H15ClF3NO3/c1-25-14-6-12-9-23(16(10-24)17(12)15(19)7-14)8-11-2-4-13(5-3-11)26-18(20,21)22/h2-7,10,16H,8-9H2,1H3. The van der Waals surface area contributed by atoms with E-state index in [-0.39, 0.29) is 5.75 Å². The molecule has 0 aromatic heterocycles. The van der Waals surface area contributed by atoms with Crippen molar-refractivity contribution in [2.75, 3.05) is 7.11 Å². The molecule has 0 aliphatic carbocycles. The van der Waals surface area contributed by atoms with Crippen LogP contribution in [-0.4, -0.2) is 24.7 Å². The summed E-state index contributed by atoms with van der Waals surface area (Å²) in [5.74, 6) is 0.319. The number of alkyl halides is 3. The smallest absolute Gasteiger partial charge is 0.497 e. The monoisotopic (exact) mass is 385 g/mol. The minimum Gasteiger partial charge on any atom is -0.497 e. The van der Waals surface area contributed by atoms with E-state index in [9.17, 15) is 18.0 Å². The number of methoxy groups -OCH3 is 1. The fourth-order valence-corrected chi connectivity index (χ4v) is 3.41. The molecule has 1 heterocycles. The number of fused-ring (bicyclic) bond motifs is 1. The van der Waals surface area contributed by atoms with Crippen LogP contribution in [0.2, 0.25) is 5.02 Å². The molecule has 4 nitrogen and oxygen atoms in total. The molecule has 1 aliphatic rings. The number of rotatable bonds is 5. The lowest BCUT2D eigenvalue weighted by Crippen LogP contribution is -2.22. The molecule has 1 aliphatic heterocycles. The Bertz CT molecular complexity index is 809. The highest BCUT2D eigenvalue weighted by Crippen LogP contribution is 2.40. The van der Waals surface area contributed by atoms with Gasteiger partial charge in [0.25, 0.3) is 0 Å². The van der Waals surface area contributed by atoms with Gasteiger partial charge in [-0.25, -0.2) is 0 Å². The normalized spacial score (nSPS) is 17.0. The minimum atomic E-state index is -4.73. The number of hydrogen-bond donors (Lipinski definition) is 0. The molecule has 0 amide bonds. The highest BCUT2D eigenvalue weighted by molar-refractivity contribution is 6.31. The average Bonchev–Trinajstić information content (AvgIpc) is 2.92. The van der Waals surface area contributed by atoms with E-state index in [1.54, 1.807) is 6.07 Å². The third-order valence-corrected chi connectivity index (χ3v) is 4.47. The first-order chi connectivity index (χ1) is 12.3. The van der Waals surface area contributed by atoms with Gasteiger partial charge in [0.05, 0.1) is 13.2 Å². The number of carbonyl (C=O) groups excluding carboxylic acids is 1. The maximum atomic E-state index is 12.2. The zero-order valence-electron chi connectivity index (χ0n) is 13.7. The van der Waals surface area contributed by atoms with Crippen LogP contribution in [0, 0.1) is 0 Å². The summed E-state index contributed by atoms with van der Waals surface area (Å²) in [7, 11) is 1.53. The molecule has 0 N–H and O–H groups in total. The van der Waals surface area contributed by atoms with E-state index < -0.39 is 12.4 Å². The number of hydrogen-bond acceptors (Lipinski definition) is 4. The van der Waals surface area contributed by atoms with Gasteiger partial charge >= 0.3 is 6.36 Å². The van der Waals surface area contributed by atoms with Crippen molar-refractivity contribution in [3.63, 3.8) is 0 Å². The molecule has 2 aromatic carbocycles. The molecule has 0 radical (unpaired) electrons. The second-order valence-electron chi connectivity index (χ2n) is 5.86. The van der Waals surface area contributed by atoms with Crippen molar-refractivity contribution in [2.45, 2.75) is 25.5 Å². The predicted molar refractivity (Wildman–Crippen MR) is 89.2 cm³/mol. The van der Waals surface area contributed by atoms with E-state index in [1.165, 1.54) is 31.4 Å². The minimum absolute atomic E-state index is 0.286. The van der Waals surface area contributed by atoms with Gasteiger partial charge in [0, 0.05) is 18.1 Å². The van der Waals surface area contributed by atoms with Crippen LogP contribution >= 0.6 is 11.6 Å². The number of ether oxygens (including phenoxy) is 2. The zero-order valence-corrected chi connectivity index (χ0v) is 14.5. The van der Waals surface area contributed by atoms with Crippen molar-refractivity contribution in [3.05, 3.63) is 58.1 Å². The molecule has 0 fully saturated rings. The van der Waals surface area contributed by atoms with E-state index in [4.69, 9.17) is 16.3 Å². The lowest BCUT2D eigenvalue weighted by atomic mass is 10.1. The van der Waals surface area contributed by atoms with Gasteiger partial charge in [-0.1, -0.05) is 23.7 Å². The van der Waals surface area contributed by atoms with Crippen LogP contribution in [0.25, 0.3) is 0 Å². The molecule has 2 aromatic rings. The summed E-state index contributed by atoms with van der Waals surface area (Å²) in [5.41, 5.74) is 2.38. The van der Waals surface area contributed by atoms with Gasteiger partial charge in [0.1, 0.15) is 17.8 Å². The van der Waals surface area contributed by atoms with Crippen molar-refractivity contribution in [1.29, 1.82) is 0 Å². The topological polar surface area (TPSA) is 38.8 Å². The average molecular weight is 386 g/mol. The summed E-state index contributed by atoms with van der Waals surface area (Å²) < 4.78 is 45.7. The molecule has 138 valence electrons. The van der Waals surface area contributed by atoms with Gasteiger partial charge in [0.15, 0.2) is 0 Å². The molecule has 26 heavy (non-hydrogen) atoms. The van der Waals surface area contributed by atoms with Crippen molar-refractivity contribution in [2.24, 2.45) is 0 Å². The number of aldehydes is 1. The Morgan fingerprint density at radius 2 is 1.92 bits per heavy atom. The van der Waals surface area contributed by atoms with Crippen molar-refractivity contribution < 1.29 is 27.4 Å².